The molecule has 4 nitrogen and oxygen atoms in total. The van der Waals surface area contributed by atoms with Crippen LogP contribution in [-0.4, -0.2) is 27.1 Å². The SMILES string of the molecule is C=CC[Si](C)(C)c1ccc(CC=C(NC(C)=O)C(=O)OC)cc1. The summed E-state index contributed by atoms with van der Waals surface area (Å²) in [6, 6.07) is 9.46. The highest BCUT2D eigenvalue weighted by Crippen LogP contribution is 2.11. The Morgan fingerprint density at radius 3 is 2.35 bits per heavy atom. The van der Waals surface area contributed by atoms with E-state index in [1.165, 1.54) is 19.2 Å². The number of amides is 1. The van der Waals surface area contributed by atoms with Crippen LogP contribution in [0.15, 0.2) is 48.7 Å². The normalized spacial score (nSPS) is 11.7. The zero-order chi connectivity index (χ0) is 17.5. The zero-order valence-electron chi connectivity index (χ0n) is 14.3. The van der Waals surface area contributed by atoms with Crippen LogP contribution in [0.5, 0.6) is 0 Å². The van der Waals surface area contributed by atoms with Gasteiger partial charge in [0.05, 0.1) is 15.2 Å². The van der Waals surface area contributed by atoms with Crippen LogP contribution in [-0.2, 0) is 20.7 Å². The van der Waals surface area contributed by atoms with Crippen molar-refractivity contribution in [2.45, 2.75) is 32.5 Å². The molecular weight excluding hydrogens is 306 g/mol. The lowest BCUT2D eigenvalue weighted by atomic mass is 10.1. The molecule has 0 bridgehead atoms. The minimum Gasteiger partial charge on any atom is -0.464 e. The first-order valence-electron chi connectivity index (χ1n) is 7.56. The van der Waals surface area contributed by atoms with Gasteiger partial charge in [-0.3, -0.25) is 4.79 Å². The second-order valence-electron chi connectivity index (χ2n) is 6.07. The highest BCUT2D eigenvalue weighted by atomic mass is 28.3. The number of ether oxygens (including phenoxy) is 1. The predicted molar refractivity (Wildman–Crippen MR) is 96.2 cm³/mol. The van der Waals surface area contributed by atoms with Crippen molar-refractivity contribution in [1.29, 1.82) is 0 Å². The lowest BCUT2D eigenvalue weighted by Crippen LogP contribution is -2.40. The first-order valence-corrected chi connectivity index (χ1v) is 10.8. The highest BCUT2D eigenvalue weighted by Gasteiger charge is 2.21. The number of nitrogens with one attached hydrogen (secondary N) is 1. The Labute approximate surface area is 139 Å². The Bertz CT molecular complexity index is 603. The summed E-state index contributed by atoms with van der Waals surface area (Å²) in [5.74, 6) is -0.842. The molecule has 0 heterocycles. The summed E-state index contributed by atoms with van der Waals surface area (Å²) >= 11 is 0. The summed E-state index contributed by atoms with van der Waals surface area (Å²) in [5, 5.41) is 3.87. The number of allylic oxidation sites excluding steroid dienone is 2. The van der Waals surface area contributed by atoms with Crippen LogP contribution in [0.3, 0.4) is 0 Å². The minimum absolute atomic E-state index is 0.172. The molecule has 1 aromatic rings. The van der Waals surface area contributed by atoms with E-state index in [0.29, 0.717) is 6.42 Å². The van der Waals surface area contributed by atoms with Crippen molar-refractivity contribution < 1.29 is 14.3 Å². The van der Waals surface area contributed by atoms with E-state index in [0.717, 1.165) is 11.6 Å². The van der Waals surface area contributed by atoms with E-state index in [-0.39, 0.29) is 11.6 Å². The van der Waals surface area contributed by atoms with E-state index in [1.807, 2.05) is 6.08 Å². The molecule has 0 fully saturated rings. The molecule has 124 valence electrons. The molecule has 0 unspecified atom stereocenters. The van der Waals surface area contributed by atoms with Crippen LogP contribution in [0.2, 0.25) is 19.1 Å². The standard InChI is InChI=1S/C18H25NO3Si/c1-6-13-23(4,5)16-10-7-15(8-11-16)9-12-17(18(21)22-3)19-14(2)20/h6-8,10-12H,1,9,13H2,2-5H3,(H,19,20). The van der Waals surface area contributed by atoms with Crippen molar-refractivity contribution in [3.63, 3.8) is 0 Å². The van der Waals surface area contributed by atoms with Crippen molar-refractivity contribution in [2.24, 2.45) is 0 Å². The molecule has 1 amide bonds. The second-order valence-corrected chi connectivity index (χ2v) is 10.8. The van der Waals surface area contributed by atoms with Crippen LogP contribution in [0.1, 0.15) is 12.5 Å². The van der Waals surface area contributed by atoms with Gasteiger partial charge in [-0.15, -0.1) is 6.58 Å². The first kappa shape index (κ1) is 18.9. The smallest absolute Gasteiger partial charge is 0.354 e. The van der Waals surface area contributed by atoms with Crippen LogP contribution in [0, 0.1) is 0 Å². The van der Waals surface area contributed by atoms with E-state index >= 15 is 0 Å². The van der Waals surface area contributed by atoms with Crippen molar-refractivity contribution in [2.75, 3.05) is 7.11 Å². The summed E-state index contributed by atoms with van der Waals surface area (Å²) in [6.45, 7) is 9.82. The average molecular weight is 331 g/mol. The van der Waals surface area contributed by atoms with Crippen molar-refractivity contribution in [1.82, 2.24) is 5.32 Å². The third-order valence-electron chi connectivity index (χ3n) is 3.65. The first-order chi connectivity index (χ1) is 10.8. The number of hydrogen-bond acceptors (Lipinski definition) is 3. The fourth-order valence-corrected chi connectivity index (χ4v) is 4.30. The van der Waals surface area contributed by atoms with Crippen LogP contribution in [0.25, 0.3) is 0 Å². The number of methoxy groups -OCH3 is 1. The molecule has 5 heteroatoms. The molecule has 1 aromatic carbocycles. The van der Waals surface area contributed by atoms with E-state index < -0.39 is 14.0 Å². The molecule has 0 saturated carbocycles. The van der Waals surface area contributed by atoms with Crippen LogP contribution < -0.4 is 10.5 Å². The Morgan fingerprint density at radius 1 is 1.26 bits per heavy atom. The average Bonchev–Trinajstić information content (AvgIpc) is 2.50. The number of carbonyl (C=O) groups excluding carboxylic acids is 2. The van der Waals surface area contributed by atoms with Crippen molar-refractivity contribution >= 4 is 25.1 Å². The molecule has 1 rings (SSSR count). The Morgan fingerprint density at radius 2 is 1.87 bits per heavy atom. The minimum atomic E-state index is -1.46. The van der Waals surface area contributed by atoms with E-state index in [9.17, 15) is 9.59 Å². The molecule has 0 radical (unpaired) electrons. The van der Waals surface area contributed by atoms with Crippen molar-refractivity contribution in [3.8, 4) is 0 Å². The predicted octanol–water partition coefficient (Wildman–Crippen LogP) is 2.52. The van der Waals surface area contributed by atoms with Gasteiger partial charge >= 0.3 is 5.97 Å². The Kier molecular flexibility index (Phi) is 6.97. The number of esters is 1. The molecule has 1 N–H and O–H groups in total. The molecule has 0 saturated heterocycles. The molecular formula is C18H25NO3Si. The van der Waals surface area contributed by atoms with Crippen molar-refractivity contribution in [3.05, 3.63) is 54.3 Å². The van der Waals surface area contributed by atoms with Crippen LogP contribution >= 0.6 is 0 Å². The highest BCUT2D eigenvalue weighted by molar-refractivity contribution is 6.90. The fraction of sp³-hybridized carbons (Fsp3) is 0.333. The van der Waals surface area contributed by atoms with Gasteiger partial charge < -0.3 is 10.1 Å². The number of carbonyl (C=O) groups is 2. The second kappa shape index (κ2) is 8.48. The summed E-state index contributed by atoms with van der Waals surface area (Å²) < 4.78 is 4.67. The number of hydrogen-bond donors (Lipinski definition) is 1. The van der Waals surface area contributed by atoms with Crippen LogP contribution in [0.4, 0.5) is 0 Å². The van der Waals surface area contributed by atoms with E-state index in [1.54, 1.807) is 6.08 Å². The van der Waals surface area contributed by atoms with Gasteiger partial charge in [-0.2, -0.15) is 0 Å². The van der Waals surface area contributed by atoms with Gasteiger partial charge in [0.1, 0.15) is 5.70 Å². The maximum Gasteiger partial charge on any atom is 0.354 e. The van der Waals surface area contributed by atoms with Gasteiger partial charge in [0.2, 0.25) is 5.91 Å². The van der Waals surface area contributed by atoms with Gasteiger partial charge in [-0.25, -0.2) is 4.79 Å². The zero-order valence-corrected chi connectivity index (χ0v) is 15.3. The maximum absolute atomic E-state index is 11.6. The molecule has 0 aliphatic carbocycles. The Hall–Kier alpha value is -2.14. The molecule has 0 spiro atoms. The molecule has 23 heavy (non-hydrogen) atoms. The number of rotatable bonds is 7. The van der Waals surface area contributed by atoms with Gasteiger partial charge in [0.25, 0.3) is 0 Å². The maximum atomic E-state index is 11.6. The summed E-state index contributed by atoms with van der Waals surface area (Å²) in [4.78, 5) is 22.8. The Balaban J connectivity index is 2.88. The summed E-state index contributed by atoms with van der Waals surface area (Å²) in [6.07, 6.45) is 4.21. The van der Waals surface area contributed by atoms with E-state index in [2.05, 4.69) is 54.0 Å². The third kappa shape index (κ3) is 5.87. The summed E-state index contributed by atoms with van der Waals surface area (Å²) in [7, 11) is -0.166. The van der Waals surface area contributed by atoms with Gasteiger partial charge in [-0.05, 0) is 24.1 Å². The van der Waals surface area contributed by atoms with Gasteiger partial charge in [0.15, 0.2) is 0 Å². The van der Waals surface area contributed by atoms with Gasteiger partial charge in [-0.1, -0.05) is 48.6 Å². The fourth-order valence-electron chi connectivity index (χ4n) is 2.28. The lowest BCUT2D eigenvalue weighted by molar-refractivity contribution is -0.137. The third-order valence-corrected chi connectivity index (χ3v) is 6.85. The largest absolute Gasteiger partial charge is 0.464 e. The molecule has 0 aliphatic rings. The lowest BCUT2D eigenvalue weighted by Gasteiger charge is -2.21. The molecule has 0 aliphatic heterocycles. The molecule has 0 atom stereocenters. The van der Waals surface area contributed by atoms with Gasteiger partial charge in [0, 0.05) is 6.92 Å². The topological polar surface area (TPSA) is 55.4 Å². The number of benzene rings is 1. The monoisotopic (exact) mass is 331 g/mol. The summed E-state index contributed by atoms with van der Waals surface area (Å²) in [5.41, 5.74) is 1.24. The van der Waals surface area contributed by atoms with E-state index in [4.69, 9.17) is 0 Å². The molecule has 0 aromatic heterocycles. The quantitative estimate of drug-likeness (QED) is 0.361.